The van der Waals surface area contributed by atoms with Crippen molar-refractivity contribution in [2.45, 2.75) is 58.5 Å². The Morgan fingerprint density at radius 1 is 1.14 bits per heavy atom. The van der Waals surface area contributed by atoms with Crippen molar-refractivity contribution in [3.63, 3.8) is 0 Å². The van der Waals surface area contributed by atoms with Crippen molar-refractivity contribution in [2.24, 2.45) is 5.92 Å². The van der Waals surface area contributed by atoms with Gasteiger partial charge in [0.25, 0.3) is 0 Å². The molecule has 0 rings (SSSR count). The molecule has 0 aliphatic rings. The SMILES string of the molecule is CCCC(=O)NC(CCSC)C(=O)NC(CC(C)C)C(=O)O. The summed E-state index contributed by atoms with van der Waals surface area (Å²) in [5.41, 5.74) is 0. The first kappa shape index (κ1) is 20.8. The summed E-state index contributed by atoms with van der Waals surface area (Å²) in [5.74, 6) is -0.788. The van der Waals surface area contributed by atoms with E-state index in [1.807, 2.05) is 27.0 Å². The molecule has 0 aliphatic heterocycles. The predicted molar refractivity (Wildman–Crippen MR) is 88.9 cm³/mol. The maximum Gasteiger partial charge on any atom is 0.326 e. The lowest BCUT2D eigenvalue weighted by molar-refractivity contribution is -0.142. The molecular weight excluding hydrogens is 304 g/mol. The van der Waals surface area contributed by atoms with Gasteiger partial charge in [0, 0.05) is 6.42 Å². The average molecular weight is 332 g/mol. The van der Waals surface area contributed by atoms with Gasteiger partial charge in [-0.1, -0.05) is 20.8 Å². The number of carboxylic acids is 1. The fourth-order valence-corrected chi connectivity index (χ4v) is 2.43. The number of nitrogens with one attached hydrogen (secondary N) is 2. The standard InChI is InChI=1S/C15H28N2O4S/c1-5-6-13(18)16-11(7-8-22-4)14(19)17-12(15(20)21)9-10(2)3/h10-12H,5-9H2,1-4H3,(H,16,18)(H,17,19)(H,20,21). The first-order chi connectivity index (χ1) is 10.3. The Hall–Kier alpha value is -1.24. The zero-order valence-corrected chi connectivity index (χ0v) is 14.7. The minimum atomic E-state index is -1.05. The number of hydrogen-bond donors (Lipinski definition) is 3. The second kappa shape index (κ2) is 11.3. The molecule has 0 aliphatic carbocycles. The van der Waals surface area contributed by atoms with E-state index in [-0.39, 0.29) is 11.8 Å². The van der Waals surface area contributed by atoms with Crippen molar-refractivity contribution in [1.82, 2.24) is 10.6 Å². The molecule has 128 valence electrons. The third-order valence-corrected chi connectivity index (χ3v) is 3.71. The molecule has 22 heavy (non-hydrogen) atoms. The van der Waals surface area contributed by atoms with Crippen molar-refractivity contribution in [1.29, 1.82) is 0 Å². The monoisotopic (exact) mass is 332 g/mol. The van der Waals surface area contributed by atoms with Crippen LogP contribution < -0.4 is 10.6 Å². The lowest BCUT2D eigenvalue weighted by Gasteiger charge is -2.22. The fourth-order valence-electron chi connectivity index (χ4n) is 1.96. The van der Waals surface area contributed by atoms with Crippen LogP contribution in [0.15, 0.2) is 0 Å². The summed E-state index contributed by atoms with van der Waals surface area (Å²) >= 11 is 1.58. The summed E-state index contributed by atoms with van der Waals surface area (Å²) in [4.78, 5) is 35.2. The van der Waals surface area contributed by atoms with Crippen LogP contribution in [-0.2, 0) is 14.4 Å². The van der Waals surface area contributed by atoms with Gasteiger partial charge in [0.1, 0.15) is 12.1 Å². The molecule has 2 amide bonds. The molecule has 0 aromatic carbocycles. The first-order valence-electron chi connectivity index (χ1n) is 7.63. The second-order valence-corrected chi connectivity index (χ2v) is 6.67. The minimum Gasteiger partial charge on any atom is -0.480 e. The molecule has 2 unspecified atom stereocenters. The van der Waals surface area contributed by atoms with E-state index in [0.29, 0.717) is 31.4 Å². The lowest BCUT2D eigenvalue weighted by atomic mass is 10.0. The number of thioether (sulfide) groups is 1. The van der Waals surface area contributed by atoms with Gasteiger partial charge in [0.05, 0.1) is 0 Å². The van der Waals surface area contributed by atoms with Crippen LogP contribution in [0.3, 0.4) is 0 Å². The Labute approximate surface area is 136 Å². The lowest BCUT2D eigenvalue weighted by Crippen LogP contribution is -2.52. The Bertz CT molecular complexity index is 375. The summed E-state index contributed by atoms with van der Waals surface area (Å²) in [7, 11) is 0. The summed E-state index contributed by atoms with van der Waals surface area (Å²) in [5, 5.41) is 14.4. The molecule has 0 aromatic rings. The quantitative estimate of drug-likeness (QED) is 0.534. The predicted octanol–water partition coefficient (Wildman–Crippen LogP) is 1.64. The normalized spacial score (nSPS) is 13.5. The van der Waals surface area contributed by atoms with Crippen LogP contribution in [0.2, 0.25) is 0 Å². The number of rotatable bonds is 11. The van der Waals surface area contributed by atoms with Gasteiger partial charge >= 0.3 is 5.97 Å². The Kier molecular flexibility index (Phi) is 10.7. The molecule has 3 N–H and O–H groups in total. The number of carboxylic acid groups (broad SMARTS) is 1. The summed E-state index contributed by atoms with van der Waals surface area (Å²) in [6, 6.07) is -1.60. The van der Waals surface area contributed by atoms with Gasteiger partial charge in [0.15, 0.2) is 0 Å². The summed E-state index contributed by atoms with van der Waals surface area (Å²) in [6.45, 7) is 5.69. The van der Waals surface area contributed by atoms with Crippen LogP contribution in [0.1, 0.15) is 46.5 Å². The van der Waals surface area contributed by atoms with Crippen LogP contribution in [0.25, 0.3) is 0 Å². The highest BCUT2D eigenvalue weighted by Gasteiger charge is 2.26. The molecule has 0 heterocycles. The molecule has 7 heteroatoms. The minimum absolute atomic E-state index is 0.153. The smallest absolute Gasteiger partial charge is 0.326 e. The Morgan fingerprint density at radius 3 is 2.23 bits per heavy atom. The molecule has 0 saturated carbocycles. The average Bonchev–Trinajstić information content (AvgIpc) is 2.42. The molecule has 0 aromatic heterocycles. The van der Waals surface area contributed by atoms with Crippen LogP contribution in [0.4, 0.5) is 0 Å². The van der Waals surface area contributed by atoms with Gasteiger partial charge in [-0.05, 0) is 37.2 Å². The van der Waals surface area contributed by atoms with E-state index in [9.17, 15) is 19.5 Å². The van der Waals surface area contributed by atoms with Crippen LogP contribution in [0, 0.1) is 5.92 Å². The molecule has 0 radical (unpaired) electrons. The molecule has 2 atom stereocenters. The van der Waals surface area contributed by atoms with Gasteiger partial charge in [0.2, 0.25) is 11.8 Å². The van der Waals surface area contributed by atoms with Crippen molar-refractivity contribution in [2.75, 3.05) is 12.0 Å². The summed E-state index contributed by atoms with van der Waals surface area (Å²) in [6.07, 6.45) is 3.82. The van der Waals surface area contributed by atoms with Gasteiger partial charge in [-0.3, -0.25) is 9.59 Å². The molecule has 0 bridgehead atoms. The zero-order chi connectivity index (χ0) is 17.1. The molecule has 0 fully saturated rings. The van der Waals surface area contributed by atoms with E-state index in [1.54, 1.807) is 11.8 Å². The van der Waals surface area contributed by atoms with E-state index in [2.05, 4.69) is 10.6 Å². The topological polar surface area (TPSA) is 95.5 Å². The van der Waals surface area contributed by atoms with E-state index in [1.165, 1.54) is 0 Å². The van der Waals surface area contributed by atoms with Crippen molar-refractivity contribution < 1.29 is 19.5 Å². The first-order valence-corrected chi connectivity index (χ1v) is 9.02. The number of carbonyl (C=O) groups is 3. The van der Waals surface area contributed by atoms with E-state index >= 15 is 0 Å². The van der Waals surface area contributed by atoms with Crippen molar-refractivity contribution in [3.8, 4) is 0 Å². The molecular formula is C15H28N2O4S. The second-order valence-electron chi connectivity index (χ2n) is 5.68. The van der Waals surface area contributed by atoms with Crippen molar-refractivity contribution in [3.05, 3.63) is 0 Å². The van der Waals surface area contributed by atoms with Crippen molar-refractivity contribution >= 4 is 29.5 Å². The zero-order valence-electron chi connectivity index (χ0n) is 13.8. The number of carbonyl (C=O) groups excluding carboxylic acids is 2. The third-order valence-electron chi connectivity index (χ3n) is 3.06. The highest BCUT2D eigenvalue weighted by Crippen LogP contribution is 2.07. The third kappa shape index (κ3) is 8.92. The van der Waals surface area contributed by atoms with E-state index in [0.717, 1.165) is 0 Å². The highest BCUT2D eigenvalue weighted by atomic mass is 32.2. The Morgan fingerprint density at radius 2 is 1.77 bits per heavy atom. The van der Waals surface area contributed by atoms with Gasteiger partial charge in [-0.25, -0.2) is 4.79 Å². The number of amides is 2. The van der Waals surface area contributed by atoms with Crippen LogP contribution >= 0.6 is 11.8 Å². The van der Waals surface area contributed by atoms with Crippen LogP contribution in [0.5, 0.6) is 0 Å². The van der Waals surface area contributed by atoms with E-state index in [4.69, 9.17) is 0 Å². The van der Waals surface area contributed by atoms with Gasteiger partial charge < -0.3 is 15.7 Å². The van der Waals surface area contributed by atoms with Crippen LogP contribution in [-0.4, -0.2) is 47.0 Å². The molecule has 0 saturated heterocycles. The van der Waals surface area contributed by atoms with Gasteiger partial charge in [-0.2, -0.15) is 11.8 Å². The maximum absolute atomic E-state index is 12.3. The molecule has 0 spiro atoms. The fraction of sp³-hybridized carbons (Fsp3) is 0.800. The highest BCUT2D eigenvalue weighted by molar-refractivity contribution is 7.98. The summed E-state index contributed by atoms with van der Waals surface area (Å²) < 4.78 is 0. The number of aliphatic carboxylic acids is 1. The Balaban J connectivity index is 4.77. The van der Waals surface area contributed by atoms with E-state index < -0.39 is 24.0 Å². The largest absolute Gasteiger partial charge is 0.480 e. The van der Waals surface area contributed by atoms with Gasteiger partial charge in [-0.15, -0.1) is 0 Å². The molecule has 6 nitrogen and oxygen atoms in total. The number of hydrogen-bond acceptors (Lipinski definition) is 4. The maximum atomic E-state index is 12.3.